The topological polar surface area (TPSA) is 69.7 Å². The van der Waals surface area contributed by atoms with Crippen LogP contribution in [0.3, 0.4) is 0 Å². The number of hydrogen-bond donors (Lipinski definition) is 1. The molecule has 0 spiro atoms. The highest BCUT2D eigenvalue weighted by atomic mass is 79.9. The molecule has 3 aromatic rings. The van der Waals surface area contributed by atoms with Gasteiger partial charge in [-0.25, -0.2) is 9.37 Å². The molecule has 0 aliphatic carbocycles. The predicted octanol–water partition coefficient (Wildman–Crippen LogP) is 7.26. The highest BCUT2D eigenvalue weighted by Gasteiger charge is 2.35. The number of aryl methyl sites for hydroxylation is 1. The third-order valence-corrected chi connectivity index (χ3v) is 4.95. The Hall–Kier alpha value is -3.55. The lowest BCUT2D eigenvalue weighted by molar-refractivity contribution is -0.274. The van der Waals surface area contributed by atoms with Gasteiger partial charge in [0.2, 0.25) is 0 Å². The van der Waals surface area contributed by atoms with Gasteiger partial charge >= 0.3 is 12.5 Å². The van der Waals surface area contributed by atoms with E-state index in [1.165, 1.54) is 12.3 Å². The van der Waals surface area contributed by atoms with Crippen molar-refractivity contribution < 1.29 is 49.7 Å². The van der Waals surface area contributed by atoms with Crippen LogP contribution in [0.15, 0.2) is 47.2 Å². The summed E-state index contributed by atoms with van der Waals surface area (Å²) in [7, 11) is 1.05. The quantitative estimate of drug-likeness (QED) is 0.245. The van der Waals surface area contributed by atoms with Crippen LogP contribution in [-0.4, -0.2) is 24.4 Å². The summed E-state index contributed by atoms with van der Waals surface area (Å²) in [5, 5.41) is 2.37. The van der Waals surface area contributed by atoms with Crippen molar-refractivity contribution in [3.63, 3.8) is 0 Å². The van der Waals surface area contributed by atoms with E-state index in [1.807, 2.05) is 0 Å². The number of hydrogen-bond acceptors (Lipinski definition) is 5. The number of nitrogens with one attached hydrogen (secondary N) is 1. The number of anilines is 1. The van der Waals surface area contributed by atoms with Gasteiger partial charge in [0.1, 0.15) is 27.5 Å². The van der Waals surface area contributed by atoms with Gasteiger partial charge in [0.15, 0.2) is 11.5 Å². The van der Waals surface area contributed by atoms with Crippen molar-refractivity contribution in [1.29, 1.82) is 0 Å². The third kappa shape index (κ3) is 6.56. The first-order chi connectivity index (χ1) is 16.7. The molecular formula is C22H14BrF7N2O4. The molecule has 1 amide bonds. The molecule has 0 aliphatic rings. The second kappa shape index (κ2) is 10.2. The summed E-state index contributed by atoms with van der Waals surface area (Å²) in [6.45, 7) is 1.57. The summed E-state index contributed by atoms with van der Waals surface area (Å²) in [6.07, 6.45) is -8.65. The monoisotopic (exact) mass is 582 g/mol. The van der Waals surface area contributed by atoms with Crippen molar-refractivity contribution in [1.82, 2.24) is 4.98 Å². The van der Waals surface area contributed by atoms with E-state index in [9.17, 15) is 35.5 Å². The maximum Gasteiger partial charge on any atom is 0.573 e. The molecule has 0 unspecified atom stereocenters. The number of ether oxygens (including phenoxy) is 3. The van der Waals surface area contributed by atoms with E-state index >= 15 is 0 Å². The van der Waals surface area contributed by atoms with Gasteiger partial charge in [-0.2, -0.15) is 13.2 Å². The summed E-state index contributed by atoms with van der Waals surface area (Å²) in [5.41, 5.74) is -1.72. The lowest BCUT2D eigenvalue weighted by Crippen LogP contribution is -2.18. The molecule has 0 radical (unpaired) electrons. The number of nitrogens with zero attached hydrogens (tertiary/aromatic N) is 1. The highest BCUT2D eigenvalue weighted by molar-refractivity contribution is 9.10. The van der Waals surface area contributed by atoms with Crippen LogP contribution in [0, 0.1) is 12.7 Å². The average Bonchev–Trinajstić information content (AvgIpc) is 2.75. The van der Waals surface area contributed by atoms with Crippen molar-refractivity contribution in [2.45, 2.75) is 19.5 Å². The van der Waals surface area contributed by atoms with Gasteiger partial charge in [0.05, 0.1) is 12.7 Å². The summed E-state index contributed by atoms with van der Waals surface area (Å²) in [4.78, 5) is 16.9. The largest absolute Gasteiger partial charge is 0.573 e. The summed E-state index contributed by atoms with van der Waals surface area (Å²) >= 11 is 3.11. The van der Waals surface area contributed by atoms with E-state index in [-0.39, 0.29) is 11.8 Å². The maximum atomic E-state index is 14.9. The van der Waals surface area contributed by atoms with Crippen LogP contribution in [0.2, 0.25) is 0 Å². The van der Waals surface area contributed by atoms with Crippen LogP contribution in [0.4, 0.5) is 36.4 Å². The molecular weight excluding hydrogens is 569 g/mol. The molecule has 1 heterocycles. The maximum absolute atomic E-state index is 14.9. The first-order valence-corrected chi connectivity index (χ1v) is 10.4. The van der Waals surface area contributed by atoms with Crippen molar-refractivity contribution in [3.05, 3.63) is 69.7 Å². The number of amides is 1. The summed E-state index contributed by atoms with van der Waals surface area (Å²) in [5.74, 6) is -5.10. The Bertz CT molecular complexity index is 1300. The van der Waals surface area contributed by atoms with Crippen LogP contribution in [0.5, 0.6) is 23.0 Å². The Labute approximate surface area is 207 Å². The zero-order valence-corrected chi connectivity index (χ0v) is 19.7. The van der Waals surface area contributed by atoms with E-state index in [1.54, 1.807) is 6.92 Å². The molecule has 0 fully saturated rings. The number of aromatic nitrogens is 1. The first-order valence-electron chi connectivity index (χ1n) is 9.64. The van der Waals surface area contributed by atoms with Crippen LogP contribution >= 0.6 is 15.9 Å². The molecule has 1 N–H and O–H groups in total. The number of halogens is 8. The molecule has 0 bridgehead atoms. The van der Waals surface area contributed by atoms with E-state index < -0.39 is 58.4 Å². The Kier molecular flexibility index (Phi) is 7.67. The smallest absolute Gasteiger partial charge is 0.493 e. The molecule has 0 aliphatic heterocycles. The molecule has 1 aromatic heterocycles. The van der Waals surface area contributed by atoms with Crippen LogP contribution in [0.1, 0.15) is 21.5 Å². The zero-order chi connectivity index (χ0) is 26.8. The van der Waals surface area contributed by atoms with Crippen molar-refractivity contribution in [2.24, 2.45) is 0 Å². The Balaban J connectivity index is 2.07. The van der Waals surface area contributed by atoms with Crippen LogP contribution in [-0.2, 0) is 6.18 Å². The molecule has 0 atom stereocenters. The third-order valence-electron chi connectivity index (χ3n) is 4.52. The minimum atomic E-state index is -5.02. The van der Waals surface area contributed by atoms with Crippen molar-refractivity contribution in [2.75, 3.05) is 12.4 Å². The summed E-state index contributed by atoms with van der Waals surface area (Å²) in [6, 6.07) is 4.33. The van der Waals surface area contributed by atoms with Crippen molar-refractivity contribution >= 4 is 27.5 Å². The number of rotatable bonds is 6. The van der Waals surface area contributed by atoms with Crippen LogP contribution < -0.4 is 19.5 Å². The summed E-state index contributed by atoms with van der Waals surface area (Å²) < 4.78 is 107. The molecule has 36 heavy (non-hydrogen) atoms. The lowest BCUT2D eigenvalue weighted by Gasteiger charge is -2.18. The van der Waals surface area contributed by atoms with E-state index in [0.29, 0.717) is 16.2 Å². The van der Waals surface area contributed by atoms with Gasteiger partial charge in [-0.3, -0.25) is 4.79 Å². The van der Waals surface area contributed by atoms with E-state index in [0.717, 1.165) is 25.3 Å². The minimum Gasteiger partial charge on any atom is -0.493 e. The minimum absolute atomic E-state index is 0.120. The second-order valence-electron chi connectivity index (χ2n) is 7.07. The molecule has 2 aromatic carbocycles. The Morgan fingerprint density at radius 3 is 2.31 bits per heavy atom. The van der Waals surface area contributed by atoms with E-state index in [4.69, 9.17) is 9.47 Å². The zero-order valence-electron chi connectivity index (χ0n) is 18.1. The number of methoxy groups -OCH3 is 1. The SMILES string of the molecule is COc1cc(OC(F)(F)F)ccc1Oc1cc(C(F)(F)F)cc(F)c1C(=O)Nc1cc(Br)ncc1C. The molecule has 6 nitrogen and oxygen atoms in total. The number of pyridine rings is 1. The standard InChI is InChI=1S/C22H14BrF7N2O4/c1-10-9-31-18(23)8-14(10)32-20(33)19-13(24)5-11(21(25,26)27)6-17(19)35-15-4-3-12(7-16(15)34-2)36-22(28,29)30/h3-9H,1-2H3,(H,31,32,33). The highest BCUT2D eigenvalue weighted by Crippen LogP contribution is 2.40. The normalized spacial score (nSPS) is 11.7. The van der Waals surface area contributed by atoms with Gasteiger partial charge in [0, 0.05) is 18.0 Å². The first kappa shape index (κ1) is 27.0. The number of carbonyl (C=O) groups is 1. The lowest BCUT2D eigenvalue weighted by atomic mass is 10.1. The van der Waals surface area contributed by atoms with Gasteiger partial charge in [-0.15, -0.1) is 13.2 Å². The Morgan fingerprint density at radius 2 is 1.69 bits per heavy atom. The van der Waals surface area contributed by atoms with E-state index in [2.05, 4.69) is 31.0 Å². The molecule has 3 rings (SSSR count). The molecule has 0 saturated heterocycles. The number of alkyl halides is 6. The van der Waals surface area contributed by atoms with Gasteiger partial charge in [-0.05, 0) is 58.7 Å². The number of benzene rings is 2. The fourth-order valence-electron chi connectivity index (χ4n) is 2.91. The predicted molar refractivity (Wildman–Crippen MR) is 116 cm³/mol. The van der Waals surface area contributed by atoms with Gasteiger partial charge < -0.3 is 19.5 Å². The van der Waals surface area contributed by atoms with Gasteiger partial charge in [0.25, 0.3) is 5.91 Å². The molecule has 0 saturated carbocycles. The van der Waals surface area contributed by atoms with Crippen LogP contribution in [0.25, 0.3) is 0 Å². The molecule has 14 heteroatoms. The number of carbonyl (C=O) groups excluding carboxylic acids is 1. The molecule has 192 valence electrons. The average molecular weight is 583 g/mol. The fraction of sp³-hybridized carbons (Fsp3) is 0.182. The van der Waals surface area contributed by atoms with Gasteiger partial charge in [-0.1, -0.05) is 0 Å². The fourth-order valence-corrected chi connectivity index (χ4v) is 3.24. The van der Waals surface area contributed by atoms with Crippen molar-refractivity contribution in [3.8, 4) is 23.0 Å². The second-order valence-corrected chi connectivity index (χ2v) is 7.88. The Morgan fingerprint density at radius 1 is 1.00 bits per heavy atom.